The van der Waals surface area contributed by atoms with E-state index in [9.17, 15) is 0 Å². The summed E-state index contributed by atoms with van der Waals surface area (Å²) >= 11 is 8.01. The Kier molecular flexibility index (Phi) is 3.06. The molecule has 0 saturated heterocycles. The predicted molar refractivity (Wildman–Crippen MR) is 50.4 cm³/mol. The van der Waals surface area contributed by atoms with E-state index in [2.05, 4.69) is 40.8 Å². The van der Waals surface area contributed by atoms with Crippen LogP contribution in [0.5, 0.6) is 0 Å². The molecule has 1 aliphatic rings. The fraction of sp³-hybridized carbons (Fsp3) is 0.429. The van der Waals surface area contributed by atoms with Crippen molar-refractivity contribution in [2.45, 2.75) is 10.3 Å². The molecule has 0 N–H and O–H groups in total. The highest BCUT2D eigenvalue weighted by molar-refractivity contribution is 14.1. The van der Waals surface area contributed by atoms with Crippen molar-refractivity contribution in [2.24, 2.45) is 0 Å². The van der Waals surface area contributed by atoms with Crippen LogP contribution < -0.4 is 0 Å². The minimum absolute atomic E-state index is 0.653. The van der Waals surface area contributed by atoms with Gasteiger partial charge in [-0.05, 0) is 12.0 Å². The normalized spacial score (nSPS) is 26.0. The number of halogens is 2. The zero-order valence-corrected chi connectivity index (χ0v) is 7.89. The summed E-state index contributed by atoms with van der Waals surface area (Å²) in [6.07, 6.45) is 7.63. The van der Waals surface area contributed by atoms with Crippen molar-refractivity contribution in [3.8, 4) is 0 Å². The molecule has 0 amide bonds. The largest absolute Gasteiger partial charge is 0.122 e. The van der Waals surface area contributed by atoms with Crippen molar-refractivity contribution in [1.29, 1.82) is 0 Å². The Bertz CT molecular complexity index is 149. The molecule has 1 rings (SSSR count). The third-order valence-electron chi connectivity index (χ3n) is 1.28. The van der Waals surface area contributed by atoms with E-state index >= 15 is 0 Å². The molecule has 0 bridgehead atoms. The summed E-state index contributed by atoms with van der Waals surface area (Å²) in [5.41, 5.74) is 1.25. The lowest BCUT2D eigenvalue weighted by Crippen LogP contribution is -1.96. The molecule has 0 aromatic heterocycles. The Morgan fingerprint density at radius 2 is 2.56 bits per heavy atom. The third-order valence-corrected chi connectivity index (χ3v) is 2.51. The fourth-order valence-electron chi connectivity index (χ4n) is 0.738. The minimum atomic E-state index is 0.653. The standard InChI is InChI=1S/C7H8ClI/c8-5-6-1-3-7(9)4-2-6/h1-3,7H,4-5H2. The Hall–Kier alpha value is 0.500. The van der Waals surface area contributed by atoms with Gasteiger partial charge in [0.25, 0.3) is 0 Å². The average Bonchev–Trinajstić information content (AvgIpc) is 1.90. The van der Waals surface area contributed by atoms with E-state index in [-0.39, 0.29) is 0 Å². The lowest BCUT2D eigenvalue weighted by Gasteiger charge is -2.06. The van der Waals surface area contributed by atoms with Gasteiger partial charge in [0.05, 0.1) is 0 Å². The SMILES string of the molecule is ClCC1=CCC(I)C=C1. The monoisotopic (exact) mass is 254 g/mol. The zero-order valence-electron chi connectivity index (χ0n) is 4.98. The van der Waals surface area contributed by atoms with E-state index in [0.717, 1.165) is 6.42 Å². The molecule has 0 aromatic rings. The number of alkyl halides is 2. The molecule has 0 aromatic carbocycles. The van der Waals surface area contributed by atoms with Crippen LogP contribution >= 0.6 is 34.2 Å². The summed E-state index contributed by atoms with van der Waals surface area (Å²) in [5.74, 6) is 0.653. The van der Waals surface area contributed by atoms with Crippen molar-refractivity contribution in [3.63, 3.8) is 0 Å². The maximum atomic E-state index is 5.61. The number of rotatable bonds is 1. The van der Waals surface area contributed by atoms with E-state index in [0.29, 0.717) is 9.80 Å². The summed E-state index contributed by atoms with van der Waals surface area (Å²) in [7, 11) is 0. The first-order valence-electron chi connectivity index (χ1n) is 2.90. The van der Waals surface area contributed by atoms with Crippen LogP contribution in [-0.4, -0.2) is 9.80 Å². The second-order valence-corrected chi connectivity index (χ2v) is 3.89. The molecule has 0 spiro atoms. The van der Waals surface area contributed by atoms with Crippen molar-refractivity contribution >= 4 is 34.2 Å². The van der Waals surface area contributed by atoms with E-state index in [1.807, 2.05) is 0 Å². The van der Waals surface area contributed by atoms with Crippen molar-refractivity contribution in [3.05, 3.63) is 23.8 Å². The van der Waals surface area contributed by atoms with Crippen LogP contribution in [0.1, 0.15) is 6.42 Å². The van der Waals surface area contributed by atoms with Gasteiger partial charge in [-0.2, -0.15) is 0 Å². The number of allylic oxidation sites excluding steroid dienone is 4. The molecule has 1 aliphatic carbocycles. The van der Waals surface area contributed by atoms with Crippen molar-refractivity contribution < 1.29 is 0 Å². The van der Waals surface area contributed by atoms with E-state index < -0.39 is 0 Å². The van der Waals surface area contributed by atoms with Gasteiger partial charge in [-0.3, -0.25) is 0 Å². The Morgan fingerprint density at radius 3 is 3.00 bits per heavy atom. The molecule has 1 unspecified atom stereocenters. The average molecular weight is 254 g/mol. The van der Waals surface area contributed by atoms with Gasteiger partial charge in [0.1, 0.15) is 0 Å². The zero-order chi connectivity index (χ0) is 6.69. The van der Waals surface area contributed by atoms with Crippen LogP contribution in [0.4, 0.5) is 0 Å². The van der Waals surface area contributed by atoms with Crippen LogP contribution in [0.2, 0.25) is 0 Å². The Balaban J connectivity index is 2.52. The van der Waals surface area contributed by atoms with Crippen molar-refractivity contribution in [2.75, 3.05) is 5.88 Å². The van der Waals surface area contributed by atoms with Gasteiger partial charge in [-0.1, -0.05) is 40.8 Å². The van der Waals surface area contributed by atoms with Gasteiger partial charge in [-0.15, -0.1) is 11.6 Å². The van der Waals surface area contributed by atoms with Gasteiger partial charge in [0.15, 0.2) is 0 Å². The Labute approximate surface area is 74.1 Å². The molecule has 0 radical (unpaired) electrons. The van der Waals surface area contributed by atoms with Crippen molar-refractivity contribution in [1.82, 2.24) is 0 Å². The first kappa shape index (κ1) is 7.61. The van der Waals surface area contributed by atoms with E-state index in [4.69, 9.17) is 11.6 Å². The van der Waals surface area contributed by atoms with Crippen LogP contribution in [0.3, 0.4) is 0 Å². The highest BCUT2D eigenvalue weighted by Gasteiger charge is 2.02. The van der Waals surface area contributed by atoms with Crippen LogP contribution in [0.25, 0.3) is 0 Å². The molecule has 9 heavy (non-hydrogen) atoms. The van der Waals surface area contributed by atoms with Gasteiger partial charge >= 0.3 is 0 Å². The number of hydrogen-bond donors (Lipinski definition) is 0. The van der Waals surface area contributed by atoms with E-state index in [1.165, 1.54) is 5.57 Å². The maximum absolute atomic E-state index is 5.61. The molecule has 0 saturated carbocycles. The molecule has 0 nitrogen and oxygen atoms in total. The lowest BCUT2D eigenvalue weighted by atomic mass is 10.1. The second kappa shape index (κ2) is 3.62. The third kappa shape index (κ3) is 2.30. The summed E-state index contributed by atoms with van der Waals surface area (Å²) in [4.78, 5) is 0. The quantitative estimate of drug-likeness (QED) is 0.498. The molecule has 0 fully saturated rings. The highest BCUT2D eigenvalue weighted by atomic mass is 127. The Morgan fingerprint density at radius 1 is 1.78 bits per heavy atom. The molecular formula is C7H8ClI. The smallest absolute Gasteiger partial charge is 0.0470 e. The maximum Gasteiger partial charge on any atom is 0.0470 e. The second-order valence-electron chi connectivity index (χ2n) is 2.02. The van der Waals surface area contributed by atoms with Crippen LogP contribution in [-0.2, 0) is 0 Å². The molecular weight excluding hydrogens is 246 g/mol. The summed E-state index contributed by atoms with van der Waals surface area (Å²) in [5, 5.41) is 0. The van der Waals surface area contributed by atoms with Crippen LogP contribution in [0.15, 0.2) is 23.8 Å². The molecule has 1 atom stereocenters. The van der Waals surface area contributed by atoms with Gasteiger partial charge in [-0.25, -0.2) is 0 Å². The molecule has 50 valence electrons. The minimum Gasteiger partial charge on any atom is -0.122 e. The first-order chi connectivity index (χ1) is 4.33. The van der Waals surface area contributed by atoms with Gasteiger partial charge in [0.2, 0.25) is 0 Å². The van der Waals surface area contributed by atoms with Gasteiger partial charge in [0, 0.05) is 9.80 Å². The molecule has 2 heteroatoms. The topological polar surface area (TPSA) is 0 Å². The molecule has 0 aliphatic heterocycles. The van der Waals surface area contributed by atoms with Gasteiger partial charge < -0.3 is 0 Å². The summed E-state index contributed by atoms with van der Waals surface area (Å²) < 4.78 is 0.676. The first-order valence-corrected chi connectivity index (χ1v) is 4.68. The summed E-state index contributed by atoms with van der Waals surface area (Å²) in [6.45, 7) is 0. The highest BCUT2D eigenvalue weighted by Crippen LogP contribution is 2.17. The molecule has 0 heterocycles. The predicted octanol–water partition coefficient (Wildman–Crippen LogP) is 2.92. The number of hydrogen-bond acceptors (Lipinski definition) is 0. The van der Waals surface area contributed by atoms with E-state index in [1.54, 1.807) is 0 Å². The lowest BCUT2D eigenvalue weighted by molar-refractivity contribution is 1.07. The fourth-order valence-corrected chi connectivity index (χ4v) is 1.40. The van der Waals surface area contributed by atoms with Crippen LogP contribution in [0, 0.1) is 0 Å². The summed E-state index contributed by atoms with van der Waals surface area (Å²) in [6, 6.07) is 0.